The summed E-state index contributed by atoms with van der Waals surface area (Å²) in [6.45, 7) is 1.51. The Morgan fingerprint density at radius 1 is 0.471 bits per heavy atom. The average molecular weight is 1210 g/mol. The Labute approximate surface area is 497 Å². The zero-order valence-electron chi connectivity index (χ0n) is 45.8. The maximum Gasteiger partial charge on any atom is 0.434 e. The fourth-order valence-electron chi connectivity index (χ4n) is 9.59. The van der Waals surface area contributed by atoms with Crippen molar-refractivity contribution in [3.8, 4) is 52.7 Å². The third-order valence-electron chi connectivity index (χ3n) is 13.5. The number of aromatic nitrogens is 3. The number of fused-ring (bicyclic) bond motifs is 3. The largest absolute Gasteiger partial charge is 0.457 e. The number of anilines is 3. The van der Waals surface area contributed by atoms with Crippen molar-refractivity contribution < 1.29 is 53.7 Å². The van der Waals surface area contributed by atoms with Crippen molar-refractivity contribution in [2.75, 3.05) is 42.2 Å². The van der Waals surface area contributed by atoms with Crippen LogP contribution in [0.2, 0.25) is 5.02 Å². The summed E-state index contributed by atoms with van der Waals surface area (Å²) in [7, 11) is 1.46. The summed E-state index contributed by atoms with van der Waals surface area (Å²) in [4.78, 5) is 13.0. The number of halogens is 10. The summed E-state index contributed by atoms with van der Waals surface area (Å²) < 4.78 is 139. The molecule has 0 unspecified atom stereocenters. The molecule has 0 bridgehead atoms. The van der Waals surface area contributed by atoms with Crippen molar-refractivity contribution in [3.63, 3.8) is 0 Å². The van der Waals surface area contributed by atoms with Crippen molar-refractivity contribution in [1.29, 1.82) is 15.8 Å². The number of para-hydroxylation sites is 3. The molecule has 0 radical (unpaired) electrons. The smallest absolute Gasteiger partial charge is 0.434 e. The number of benzene rings is 7. The standard InChI is InChI=1S/C25H17ClF3N3O.C22H18F3N3O.C18H12F3N3O/c26-17-8-6-16(7-9-17)12-13-31-23-20-14-19(33-18-4-2-1-3-5-18)10-11-22(20)32-24(21(23)15-30)25(27,28)29;23-22(24,25)21-18(14-26)20(28-11-5-2-6-12-28)17-13-16(9-10-19(17)27-21)29-15-7-3-1-4-8-15;1-23-16-13-9-12(25-11-5-3-2-4-6-11)7-8-15(13)24-17(14(16)10-22)18(19,20)21/h1-11,14H,12-13H2,(H,31,32);1,3-4,7-10,13H,2,5-6,11-12H2;2-9H,1H3,(H,23,24). The van der Waals surface area contributed by atoms with Crippen LogP contribution in [-0.2, 0) is 24.9 Å². The van der Waals surface area contributed by atoms with Gasteiger partial charge in [-0.25, -0.2) is 15.0 Å². The zero-order valence-corrected chi connectivity index (χ0v) is 46.5. The first-order chi connectivity index (χ1) is 41.8. The van der Waals surface area contributed by atoms with Crippen LogP contribution in [0.3, 0.4) is 0 Å². The third-order valence-corrected chi connectivity index (χ3v) is 13.7. The second-order valence-electron chi connectivity index (χ2n) is 19.3. The van der Waals surface area contributed by atoms with Crippen LogP contribution < -0.4 is 29.7 Å². The number of rotatable bonds is 12. The molecule has 0 atom stereocenters. The van der Waals surface area contributed by atoms with Gasteiger partial charge >= 0.3 is 18.5 Å². The Morgan fingerprint density at radius 3 is 1.25 bits per heavy atom. The highest BCUT2D eigenvalue weighted by Crippen LogP contribution is 2.43. The summed E-state index contributed by atoms with van der Waals surface area (Å²) in [6.07, 6.45) is -10.9. The maximum absolute atomic E-state index is 13.7. The lowest BCUT2D eigenvalue weighted by molar-refractivity contribution is -0.141. The Balaban J connectivity index is 0.000000157. The molecular weight excluding hydrogens is 1160 g/mol. The van der Waals surface area contributed by atoms with Crippen molar-refractivity contribution in [1.82, 2.24) is 15.0 Å². The summed E-state index contributed by atoms with van der Waals surface area (Å²) in [5.74, 6) is 3.11. The number of pyridine rings is 3. The molecule has 440 valence electrons. The van der Waals surface area contributed by atoms with E-state index in [9.17, 15) is 55.3 Å². The second-order valence-corrected chi connectivity index (χ2v) is 19.8. The average Bonchev–Trinajstić information content (AvgIpc) is 0.892. The minimum Gasteiger partial charge on any atom is -0.457 e. The van der Waals surface area contributed by atoms with Gasteiger partial charge in [-0.1, -0.05) is 78.3 Å². The fraction of sp³-hybridized carbons (Fsp3) is 0.169. The minimum atomic E-state index is -4.77. The third kappa shape index (κ3) is 14.8. The molecular formula is C65H47ClF9N9O3. The van der Waals surface area contributed by atoms with Crippen LogP contribution in [-0.4, -0.2) is 41.6 Å². The molecule has 2 N–H and O–H groups in total. The number of nitriles is 3. The molecule has 0 spiro atoms. The van der Waals surface area contributed by atoms with E-state index in [-0.39, 0.29) is 27.9 Å². The van der Waals surface area contributed by atoms with Gasteiger partial charge in [0.2, 0.25) is 0 Å². The van der Waals surface area contributed by atoms with Gasteiger partial charge in [-0.05, 0) is 134 Å². The van der Waals surface area contributed by atoms with Gasteiger partial charge in [-0.15, -0.1) is 0 Å². The molecule has 1 aliphatic heterocycles. The van der Waals surface area contributed by atoms with E-state index in [0.29, 0.717) is 87.4 Å². The molecule has 0 aliphatic carbocycles. The van der Waals surface area contributed by atoms with Gasteiger partial charge in [-0.2, -0.15) is 55.3 Å². The molecule has 11 rings (SSSR count). The van der Waals surface area contributed by atoms with E-state index in [1.807, 2.05) is 59.5 Å². The second kappa shape index (κ2) is 26.7. The van der Waals surface area contributed by atoms with Crippen LogP contribution in [0.4, 0.5) is 56.6 Å². The highest BCUT2D eigenvalue weighted by atomic mass is 35.5. The molecule has 1 aliphatic rings. The maximum atomic E-state index is 13.7. The van der Waals surface area contributed by atoms with Gasteiger partial charge in [-0.3, -0.25) is 0 Å². The molecule has 1 fully saturated rings. The minimum absolute atomic E-state index is 0.0679. The summed E-state index contributed by atoms with van der Waals surface area (Å²) >= 11 is 5.90. The zero-order chi connectivity index (χ0) is 61.9. The number of piperidine rings is 1. The Hall–Kier alpha value is -10.3. The number of nitrogens with one attached hydrogen (secondary N) is 2. The molecule has 0 amide bonds. The highest BCUT2D eigenvalue weighted by Gasteiger charge is 2.40. The lowest BCUT2D eigenvalue weighted by atomic mass is 10.0. The quantitative estimate of drug-likeness (QED) is 0.111. The Morgan fingerprint density at radius 2 is 0.851 bits per heavy atom. The first-order valence-corrected chi connectivity index (χ1v) is 27.1. The molecule has 3 aromatic heterocycles. The molecule has 7 aromatic carbocycles. The topological polar surface area (TPSA) is 165 Å². The van der Waals surface area contributed by atoms with Gasteiger partial charge in [0.1, 0.15) is 69.4 Å². The van der Waals surface area contributed by atoms with Crippen LogP contribution in [0.25, 0.3) is 32.7 Å². The molecule has 4 heterocycles. The molecule has 12 nitrogen and oxygen atoms in total. The van der Waals surface area contributed by atoms with Crippen molar-refractivity contribution in [2.45, 2.75) is 44.2 Å². The van der Waals surface area contributed by atoms with E-state index in [1.54, 1.807) is 109 Å². The van der Waals surface area contributed by atoms with Crippen molar-refractivity contribution in [3.05, 3.63) is 214 Å². The molecule has 22 heteroatoms. The predicted molar refractivity (Wildman–Crippen MR) is 313 cm³/mol. The van der Waals surface area contributed by atoms with E-state index >= 15 is 0 Å². The molecule has 0 saturated carbocycles. The first-order valence-electron chi connectivity index (χ1n) is 26.7. The normalized spacial score (nSPS) is 12.3. The SMILES string of the molecule is CNc1c(C#N)c(C(F)(F)F)nc2ccc(Oc3ccccc3)cc12.N#Cc1c(C(F)(F)F)nc2ccc(Oc3ccccc3)cc2c1N1CCCCC1.N#Cc1c(C(F)(F)F)nc2ccc(Oc3ccccc3)cc2c1NCCc1ccc(Cl)cc1. The number of hydrogen-bond acceptors (Lipinski definition) is 12. The van der Waals surface area contributed by atoms with Crippen molar-refractivity contribution >= 4 is 61.4 Å². The van der Waals surface area contributed by atoms with Crippen LogP contribution >= 0.6 is 11.6 Å². The summed E-state index contributed by atoms with van der Waals surface area (Å²) in [6, 6.07) is 53.2. The predicted octanol–water partition coefficient (Wildman–Crippen LogP) is 18.1. The van der Waals surface area contributed by atoms with Crippen LogP contribution in [0.15, 0.2) is 170 Å². The molecule has 10 aromatic rings. The fourth-order valence-corrected chi connectivity index (χ4v) is 9.71. The molecule has 87 heavy (non-hydrogen) atoms. The van der Waals surface area contributed by atoms with Gasteiger partial charge < -0.3 is 29.7 Å². The lowest BCUT2D eigenvalue weighted by Gasteiger charge is -2.31. The number of hydrogen-bond donors (Lipinski definition) is 2. The highest BCUT2D eigenvalue weighted by molar-refractivity contribution is 6.30. The first kappa shape index (κ1) is 61.3. The monoisotopic (exact) mass is 1210 g/mol. The van der Waals surface area contributed by atoms with Crippen LogP contribution in [0.1, 0.15) is 58.6 Å². The van der Waals surface area contributed by atoms with Gasteiger partial charge in [0.25, 0.3) is 0 Å². The number of ether oxygens (including phenoxy) is 3. The van der Waals surface area contributed by atoms with Crippen LogP contribution in [0, 0.1) is 34.0 Å². The van der Waals surface area contributed by atoms with E-state index < -0.39 is 52.3 Å². The summed E-state index contributed by atoms with van der Waals surface area (Å²) in [5.41, 5.74) is -3.27. The summed E-state index contributed by atoms with van der Waals surface area (Å²) in [5, 5.41) is 35.9. The number of alkyl halides is 9. The Bertz CT molecular complexity index is 4210. The van der Waals surface area contributed by atoms with Crippen LogP contribution in [0.5, 0.6) is 34.5 Å². The van der Waals surface area contributed by atoms with E-state index in [0.717, 1.165) is 24.8 Å². The van der Waals surface area contributed by atoms with Gasteiger partial charge in [0.05, 0.1) is 33.6 Å². The van der Waals surface area contributed by atoms with E-state index in [1.165, 1.54) is 31.3 Å². The van der Waals surface area contributed by atoms with Gasteiger partial charge in [0.15, 0.2) is 17.1 Å². The van der Waals surface area contributed by atoms with E-state index in [4.69, 9.17) is 25.8 Å². The molecule has 1 saturated heterocycles. The lowest BCUT2D eigenvalue weighted by Crippen LogP contribution is -2.31. The Kier molecular flexibility index (Phi) is 18.8. The van der Waals surface area contributed by atoms with Gasteiger partial charge in [0, 0.05) is 47.9 Å². The van der Waals surface area contributed by atoms with Crippen molar-refractivity contribution in [2.24, 2.45) is 0 Å². The van der Waals surface area contributed by atoms with E-state index in [2.05, 4.69) is 25.6 Å². The number of nitrogens with zero attached hydrogens (tertiary/aromatic N) is 7.